The van der Waals surface area contributed by atoms with Crippen LogP contribution in [0.15, 0.2) is 18.2 Å². The first-order valence-electron chi connectivity index (χ1n) is 8.43. The van der Waals surface area contributed by atoms with Crippen LogP contribution in [0.4, 0.5) is 0 Å². The molecule has 4 unspecified atom stereocenters. The number of hydrogen-bond acceptors (Lipinski definition) is 1. The van der Waals surface area contributed by atoms with Crippen molar-refractivity contribution in [2.45, 2.75) is 65.0 Å². The first kappa shape index (κ1) is 14.1. The topological polar surface area (TPSA) is 12.0 Å². The largest absolute Gasteiger partial charge is 0.310 e. The number of hydrogen-bond donors (Lipinski definition) is 1. The van der Waals surface area contributed by atoms with Gasteiger partial charge >= 0.3 is 0 Å². The fourth-order valence-corrected chi connectivity index (χ4v) is 5.64. The molecule has 1 nitrogen and oxygen atoms in total. The summed E-state index contributed by atoms with van der Waals surface area (Å²) >= 11 is 6.13. The second kappa shape index (κ2) is 4.49. The molecule has 0 heterocycles. The zero-order chi connectivity index (χ0) is 14.8. The van der Waals surface area contributed by atoms with E-state index in [0.29, 0.717) is 22.9 Å². The molecule has 3 aliphatic rings. The first-order chi connectivity index (χ1) is 9.90. The van der Waals surface area contributed by atoms with Crippen LogP contribution in [0.3, 0.4) is 0 Å². The van der Waals surface area contributed by atoms with Crippen LogP contribution in [0.1, 0.15) is 51.2 Å². The first-order valence-corrected chi connectivity index (χ1v) is 8.81. The Hall–Kier alpha value is -0.530. The Labute approximate surface area is 133 Å². The lowest BCUT2D eigenvalue weighted by Gasteiger charge is -2.40. The Morgan fingerprint density at radius 2 is 1.90 bits per heavy atom. The molecule has 0 spiro atoms. The zero-order valence-corrected chi connectivity index (χ0v) is 14.1. The van der Waals surface area contributed by atoms with Crippen LogP contribution in [0, 0.1) is 16.7 Å². The van der Waals surface area contributed by atoms with E-state index in [1.165, 1.54) is 36.8 Å². The van der Waals surface area contributed by atoms with Gasteiger partial charge in [-0.2, -0.15) is 0 Å². The van der Waals surface area contributed by atoms with Gasteiger partial charge in [0.15, 0.2) is 0 Å². The zero-order valence-electron chi connectivity index (χ0n) is 13.4. The van der Waals surface area contributed by atoms with Crippen molar-refractivity contribution < 1.29 is 0 Å². The Morgan fingerprint density at radius 3 is 2.57 bits per heavy atom. The molecule has 0 aromatic heterocycles. The molecule has 1 N–H and O–H groups in total. The molecular formula is C19H26ClN. The molecule has 0 amide bonds. The van der Waals surface area contributed by atoms with E-state index >= 15 is 0 Å². The smallest absolute Gasteiger partial charge is 0.0408 e. The van der Waals surface area contributed by atoms with Crippen molar-refractivity contribution in [2.24, 2.45) is 16.7 Å². The van der Waals surface area contributed by atoms with Crippen molar-refractivity contribution in [3.63, 3.8) is 0 Å². The quantitative estimate of drug-likeness (QED) is 0.841. The molecule has 0 aliphatic heterocycles. The summed E-state index contributed by atoms with van der Waals surface area (Å²) in [6.07, 6.45) is 6.52. The van der Waals surface area contributed by atoms with Gasteiger partial charge in [0.25, 0.3) is 0 Å². The number of rotatable bonds is 2. The minimum absolute atomic E-state index is 0.476. The van der Waals surface area contributed by atoms with Crippen molar-refractivity contribution in [1.29, 1.82) is 0 Å². The van der Waals surface area contributed by atoms with Crippen molar-refractivity contribution in [3.8, 4) is 0 Å². The highest BCUT2D eigenvalue weighted by Crippen LogP contribution is 2.65. The molecule has 2 saturated carbocycles. The number of nitrogens with one attached hydrogen (secondary N) is 1. The highest BCUT2D eigenvalue weighted by molar-refractivity contribution is 6.30. The molecule has 21 heavy (non-hydrogen) atoms. The van der Waals surface area contributed by atoms with Gasteiger partial charge in [0.05, 0.1) is 0 Å². The van der Waals surface area contributed by atoms with Crippen LogP contribution in [-0.4, -0.2) is 12.1 Å². The van der Waals surface area contributed by atoms with E-state index in [1.807, 2.05) is 6.07 Å². The van der Waals surface area contributed by atoms with E-state index in [2.05, 4.69) is 38.2 Å². The maximum absolute atomic E-state index is 6.13. The summed E-state index contributed by atoms with van der Waals surface area (Å²) in [5, 5.41) is 4.91. The van der Waals surface area contributed by atoms with Crippen molar-refractivity contribution in [2.75, 3.05) is 0 Å². The van der Waals surface area contributed by atoms with Crippen LogP contribution >= 0.6 is 11.6 Å². The van der Waals surface area contributed by atoms with Crippen LogP contribution in [0.5, 0.6) is 0 Å². The number of benzene rings is 1. The van der Waals surface area contributed by atoms with Crippen molar-refractivity contribution in [1.82, 2.24) is 5.32 Å². The summed E-state index contributed by atoms with van der Waals surface area (Å²) in [7, 11) is 0. The summed E-state index contributed by atoms with van der Waals surface area (Å²) in [4.78, 5) is 0. The Kier molecular flexibility index (Phi) is 3.01. The molecule has 2 heteroatoms. The summed E-state index contributed by atoms with van der Waals surface area (Å²) in [5.74, 6) is 0.915. The molecule has 4 rings (SSSR count). The van der Waals surface area contributed by atoms with Gasteiger partial charge in [0.1, 0.15) is 0 Å². The minimum Gasteiger partial charge on any atom is -0.310 e. The highest BCUT2D eigenvalue weighted by atomic mass is 35.5. The fourth-order valence-electron chi connectivity index (χ4n) is 5.44. The van der Waals surface area contributed by atoms with E-state index in [9.17, 15) is 0 Å². The van der Waals surface area contributed by atoms with Gasteiger partial charge in [-0.05, 0) is 72.1 Å². The van der Waals surface area contributed by atoms with Crippen LogP contribution < -0.4 is 5.32 Å². The molecule has 0 saturated heterocycles. The predicted molar refractivity (Wildman–Crippen MR) is 88.8 cm³/mol. The minimum atomic E-state index is 0.476. The third-order valence-electron chi connectivity index (χ3n) is 7.33. The second-order valence-electron chi connectivity index (χ2n) is 8.35. The monoisotopic (exact) mass is 303 g/mol. The highest BCUT2D eigenvalue weighted by Gasteiger charge is 2.61. The van der Waals surface area contributed by atoms with Crippen LogP contribution in [0.2, 0.25) is 5.02 Å². The SMILES string of the molecule is CC1(C)C2CCC1(C)C(NC1Cc3ccc(Cl)cc3C1)C2. The third kappa shape index (κ3) is 1.93. The standard InChI is InChI=1S/C19H26ClN/c1-18(2)14-6-7-19(18,3)17(11-14)21-16-9-12-4-5-15(20)8-13(12)10-16/h4-5,8,14,16-17,21H,6-7,9-11H2,1-3H3. The van der Waals surface area contributed by atoms with Crippen molar-refractivity contribution >= 4 is 11.6 Å². The summed E-state index contributed by atoms with van der Waals surface area (Å²) in [5.41, 5.74) is 3.92. The summed E-state index contributed by atoms with van der Waals surface area (Å²) in [6, 6.07) is 7.71. The molecule has 2 bridgehead atoms. The predicted octanol–water partition coefficient (Wildman–Crippen LogP) is 4.61. The summed E-state index contributed by atoms with van der Waals surface area (Å²) < 4.78 is 0. The number of halogens is 1. The lowest BCUT2D eigenvalue weighted by Crippen LogP contribution is -2.48. The molecule has 2 fully saturated rings. The van der Waals surface area contributed by atoms with Gasteiger partial charge in [-0.1, -0.05) is 38.4 Å². The molecule has 0 radical (unpaired) electrons. The van der Waals surface area contributed by atoms with Crippen molar-refractivity contribution in [3.05, 3.63) is 34.3 Å². The molecule has 114 valence electrons. The third-order valence-corrected chi connectivity index (χ3v) is 7.57. The maximum atomic E-state index is 6.13. The van der Waals surface area contributed by atoms with Crippen LogP contribution in [-0.2, 0) is 12.8 Å². The molecule has 1 aromatic carbocycles. The average Bonchev–Trinajstić information content (AvgIpc) is 2.96. The van der Waals surface area contributed by atoms with E-state index in [0.717, 1.165) is 17.4 Å². The normalized spacial score (nSPS) is 39.7. The lowest BCUT2D eigenvalue weighted by atomic mass is 9.69. The molecular weight excluding hydrogens is 278 g/mol. The summed E-state index contributed by atoms with van der Waals surface area (Å²) in [6.45, 7) is 7.52. The molecule has 3 aliphatic carbocycles. The van der Waals surface area contributed by atoms with E-state index < -0.39 is 0 Å². The van der Waals surface area contributed by atoms with Gasteiger partial charge in [-0.3, -0.25) is 0 Å². The number of fused-ring (bicyclic) bond motifs is 3. The second-order valence-corrected chi connectivity index (χ2v) is 8.78. The van der Waals surface area contributed by atoms with E-state index in [-0.39, 0.29) is 0 Å². The van der Waals surface area contributed by atoms with Gasteiger partial charge in [0.2, 0.25) is 0 Å². The van der Waals surface area contributed by atoms with E-state index in [4.69, 9.17) is 11.6 Å². The molecule has 1 aromatic rings. The lowest BCUT2D eigenvalue weighted by molar-refractivity contribution is 0.115. The Bertz CT molecular complexity index is 579. The van der Waals surface area contributed by atoms with Crippen LogP contribution in [0.25, 0.3) is 0 Å². The Morgan fingerprint density at radius 1 is 1.14 bits per heavy atom. The maximum Gasteiger partial charge on any atom is 0.0408 e. The average molecular weight is 304 g/mol. The fraction of sp³-hybridized carbons (Fsp3) is 0.684. The Balaban J connectivity index is 1.50. The van der Waals surface area contributed by atoms with Gasteiger partial charge in [-0.25, -0.2) is 0 Å². The van der Waals surface area contributed by atoms with Gasteiger partial charge in [0, 0.05) is 17.1 Å². The van der Waals surface area contributed by atoms with Gasteiger partial charge < -0.3 is 5.32 Å². The van der Waals surface area contributed by atoms with E-state index in [1.54, 1.807) is 0 Å². The van der Waals surface area contributed by atoms with Gasteiger partial charge in [-0.15, -0.1) is 0 Å². The molecule has 4 atom stereocenters.